The summed E-state index contributed by atoms with van der Waals surface area (Å²) in [7, 11) is 1.00. The van der Waals surface area contributed by atoms with E-state index in [0.29, 0.717) is 28.8 Å². The minimum absolute atomic E-state index is 0.0752. The van der Waals surface area contributed by atoms with Gasteiger partial charge in [-0.05, 0) is 30.3 Å². The summed E-state index contributed by atoms with van der Waals surface area (Å²) in [6.45, 7) is 0. The Morgan fingerprint density at radius 1 is 1.03 bits per heavy atom. The monoisotopic (exact) mass is 401 g/mol. The van der Waals surface area contributed by atoms with Crippen LogP contribution in [0.4, 0.5) is 13.2 Å². The highest BCUT2D eigenvalue weighted by Gasteiger charge is 2.32. The molecular weight excluding hydrogens is 387 g/mol. The normalized spacial score (nSPS) is 11.1. The second-order valence-electron chi connectivity index (χ2n) is 5.60. The van der Waals surface area contributed by atoms with Crippen molar-refractivity contribution in [3.8, 4) is 22.6 Å². The largest absolute Gasteiger partial charge is 0.433 e. The molecular formula is C19H14F3N5O2. The van der Waals surface area contributed by atoms with Crippen LogP contribution in [0.25, 0.3) is 28.3 Å². The maximum Gasteiger partial charge on any atom is 0.433 e. The molecule has 4 aromatic heterocycles. The van der Waals surface area contributed by atoms with Gasteiger partial charge in [-0.15, -0.1) is 0 Å². The Balaban J connectivity index is 0.00000117. The molecule has 0 unspecified atom stereocenters. The van der Waals surface area contributed by atoms with Gasteiger partial charge in [-0.1, -0.05) is 6.07 Å². The molecule has 0 radical (unpaired) electrons. The average molecular weight is 401 g/mol. The quantitative estimate of drug-likeness (QED) is 0.530. The van der Waals surface area contributed by atoms with Crippen molar-refractivity contribution in [1.82, 2.24) is 24.6 Å². The van der Waals surface area contributed by atoms with Crippen molar-refractivity contribution in [3.63, 3.8) is 0 Å². The Bertz CT molecular complexity index is 1160. The summed E-state index contributed by atoms with van der Waals surface area (Å²) >= 11 is 0. The molecule has 0 atom stereocenters. The van der Waals surface area contributed by atoms with Crippen LogP contribution in [-0.4, -0.2) is 43.1 Å². The molecule has 0 aromatic carbocycles. The standard InChI is InChI=1S/C18H10F3N5O.CH4O/c19-18(20,21)15-5-1-4-14(24-15)16-12(3-2-7-22-16)13-6-8-26-17(25-13)11(10-27)9-23-26;1-2/h1-10H;2H,1H3. The summed E-state index contributed by atoms with van der Waals surface area (Å²) in [5.41, 5.74) is 0.907. The maximum atomic E-state index is 13.0. The Labute approximate surface area is 162 Å². The van der Waals surface area contributed by atoms with E-state index in [1.54, 1.807) is 24.4 Å². The Morgan fingerprint density at radius 2 is 1.83 bits per heavy atom. The van der Waals surface area contributed by atoms with Gasteiger partial charge in [0.1, 0.15) is 5.69 Å². The maximum absolute atomic E-state index is 13.0. The van der Waals surface area contributed by atoms with Crippen LogP contribution in [0.2, 0.25) is 0 Å². The number of hydrogen-bond acceptors (Lipinski definition) is 6. The zero-order valence-electron chi connectivity index (χ0n) is 15.0. The average Bonchev–Trinajstić information content (AvgIpc) is 3.17. The number of carbonyl (C=O) groups excluding carboxylic acids is 1. The number of carbonyl (C=O) groups is 1. The van der Waals surface area contributed by atoms with Gasteiger partial charge in [0.2, 0.25) is 0 Å². The fraction of sp³-hybridized carbons (Fsp3) is 0.105. The topological polar surface area (TPSA) is 93.3 Å². The fourth-order valence-electron chi connectivity index (χ4n) is 2.66. The molecule has 0 spiro atoms. The lowest BCUT2D eigenvalue weighted by Gasteiger charge is -2.10. The van der Waals surface area contributed by atoms with Crippen molar-refractivity contribution in [2.45, 2.75) is 6.18 Å². The van der Waals surface area contributed by atoms with Crippen molar-refractivity contribution in [3.05, 3.63) is 66.2 Å². The van der Waals surface area contributed by atoms with E-state index >= 15 is 0 Å². The van der Waals surface area contributed by atoms with E-state index in [2.05, 4.69) is 20.1 Å². The summed E-state index contributed by atoms with van der Waals surface area (Å²) in [4.78, 5) is 23.4. The van der Waals surface area contributed by atoms with Crippen molar-refractivity contribution in [2.24, 2.45) is 0 Å². The van der Waals surface area contributed by atoms with Crippen LogP contribution in [0, 0.1) is 0 Å². The highest BCUT2D eigenvalue weighted by molar-refractivity contribution is 5.85. The molecule has 0 saturated carbocycles. The van der Waals surface area contributed by atoms with Gasteiger partial charge in [0.05, 0.1) is 28.8 Å². The van der Waals surface area contributed by atoms with E-state index in [1.165, 1.54) is 29.0 Å². The summed E-state index contributed by atoms with van der Waals surface area (Å²) in [6, 6.07) is 8.61. The van der Waals surface area contributed by atoms with Gasteiger partial charge in [0.15, 0.2) is 11.9 Å². The van der Waals surface area contributed by atoms with Crippen LogP contribution in [0.1, 0.15) is 16.1 Å². The number of alkyl halides is 3. The summed E-state index contributed by atoms with van der Waals surface area (Å²) in [5.74, 6) is 0. The third-order valence-corrected chi connectivity index (χ3v) is 3.89. The van der Waals surface area contributed by atoms with Gasteiger partial charge in [-0.2, -0.15) is 18.3 Å². The summed E-state index contributed by atoms with van der Waals surface area (Å²) < 4.78 is 40.4. The number of nitrogens with zero attached hydrogens (tertiary/aromatic N) is 5. The molecule has 0 bridgehead atoms. The molecule has 0 amide bonds. The smallest absolute Gasteiger partial charge is 0.400 e. The fourth-order valence-corrected chi connectivity index (χ4v) is 2.66. The molecule has 0 fully saturated rings. The van der Waals surface area contributed by atoms with E-state index in [9.17, 15) is 18.0 Å². The lowest BCUT2D eigenvalue weighted by Crippen LogP contribution is -2.08. The van der Waals surface area contributed by atoms with Crippen molar-refractivity contribution < 1.29 is 23.1 Å². The van der Waals surface area contributed by atoms with Gasteiger partial charge in [-0.3, -0.25) is 9.78 Å². The minimum atomic E-state index is -4.56. The summed E-state index contributed by atoms with van der Waals surface area (Å²) in [6.07, 6.45) is 0.545. The molecule has 0 aliphatic rings. The molecule has 10 heteroatoms. The van der Waals surface area contributed by atoms with Gasteiger partial charge in [0, 0.05) is 25.1 Å². The number of pyridine rings is 2. The minimum Gasteiger partial charge on any atom is -0.400 e. The van der Waals surface area contributed by atoms with E-state index in [-0.39, 0.29) is 11.4 Å². The number of aliphatic hydroxyl groups excluding tert-OH is 1. The molecule has 1 N–H and O–H groups in total. The third-order valence-electron chi connectivity index (χ3n) is 3.89. The first kappa shape index (κ1) is 20.1. The van der Waals surface area contributed by atoms with Crippen LogP contribution in [0.5, 0.6) is 0 Å². The Kier molecular flexibility index (Phi) is 5.64. The van der Waals surface area contributed by atoms with E-state index < -0.39 is 11.9 Å². The first-order valence-corrected chi connectivity index (χ1v) is 8.21. The van der Waals surface area contributed by atoms with E-state index in [4.69, 9.17) is 5.11 Å². The van der Waals surface area contributed by atoms with Crippen LogP contribution in [0.15, 0.2) is 55.0 Å². The molecule has 0 aliphatic heterocycles. The highest BCUT2D eigenvalue weighted by Crippen LogP contribution is 2.32. The van der Waals surface area contributed by atoms with Crippen molar-refractivity contribution in [1.29, 1.82) is 0 Å². The number of hydrogen-bond donors (Lipinski definition) is 1. The number of aldehydes is 1. The number of aromatic nitrogens is 5. The molecule has 29 heavy (non-hydrogen) atoms. The molecule has 4 heterocycles. The summed E-state index contributed by atoms with van der Waals surface area (Å²) in [5, 5.41) is 11.0. The zero-order valence-corrected chi connectivity index (χ0v) is 15.0. The van der Waals surface area contributed by atoms with Gasteiger partial charge >= 0.3 is 6.18 Å². The van der Waals surface area contributed by atoms with E-state index in [0.717, 1.165) is 13.2 Å². The van der Waals surface area contributed by atoms with Crippen LogP contribution >= 0.6 is 0 Å². The van der Waals surface area contributed by atoms with E-state index in [1.807, 2.05) is 0 Å². The van der Waals surface area contributed by atoms with Crippen molar-refractivity contribution in [2.75, 3.05) is 7.11 Å². The first-order chi connectivity index (χ1) is 14.0. The van der Waals surface area contributed by atoms with Crippen LogP contribution in [-0.2, 0) is 6.18 Å². The Morgan fingerprint density at radius 3 is 2.55 bits per heavy atom. The molecule has 7 nitrogen and oxygen atoms in total. The third kappa shape index (κ3) is 3.97. The highest BCUT2D eigenvalue weighted by atomic mass is 19.4. The van der Waals surface area contributed by atoms with Crippen LogP contribution in [0.3, 0.4) is 0 Å². The van der Waals surface area contributed by atoms with Gasteiger partial charge in [-0.25, -0.2) is 14.5 Å². The predicted molar refractivity (Wildman–Crippen MR) is 98.0 cm³/mol. The van der Waals surface area contributed by atoms with Gasteiger partial charge in [0.25, 0.3) is 0 Å². The SMILES string of the molecule is CO.O=Cc1cnn2ccc(-c3cccnc3-c3cccc(C(F)(F)F)n3)nc12. The molecule has 148 valence electrons. The van der Waals surface area contributed by atoms with Gasteiger partial charge < -0.3 is 5.11 Å². The zero-order chi connectivity index (χ0) is 21.0. The number of halogens is 3. The number of rotatable bonds is 3. The molecule has 0 saturated heterocycles. The first-order valence-electron chi connectivity index (χ1n) is 8.21. The predicted octanol–water partition coefficient (Wildman–Crippen LogP) is 3.29. The lowest BCUT2D eigenvalue weighted by atomic mass is 10.1. The molecule has 4 rings (SSSR count). The second-order valence-corrected chi connectivity index (χ2v) is 5.60. The van der Waals surface area contributed by atoms with Crippen molar-refractivity contribution >= 4 is 11.9 Å². The lowest BCUT2D eigenvalue weighted by molar-refractivity contribution is -0.141. The number of aliphatic hydroxyl groups is 1. The second kappa shape index (κ2) is 8.15. The number of fused-ring (bicyclic) bond motifs is 1. The molecule has 0 aliphatic carbocycles. The Hall–Kier alpha value is -3.66. The van der Waals surface area contributed by atoms with Crippen LogP contribution < -0.4 is 0 Å². The molecule has 4 aromatic rings.